The van der Waals surface area contributed by atoms with Crippen LogP contribution in [0.5, 0.6) is 0 Å². The first-order valence-electron chi connectivity index (χ1n) is 11.7. The molecule has 0 radical (unpaired) electrons. The van der Waals surface area contributed by atoms with E-state index in [1.54, 1.807) is 18.6 Å². The fraction of sp³-hybridized carbons (Fsp3) is 0.107. The molecule has 0 aliphatic rings. The number of hydrogen-bond acceptors (Lipinski definition) is 6. The summed E-state index contributed by atoms with van der Waals surface area (Å²) in [5.41, 5.74) is 9.07. The van der Waals surface area contributed by atoms with Crippen molar-refractivity contribution in [2.24, 2.45) is 5.92 Å². The predicted molar refractivity (Wildman–Crippen MR) is 143 cm³/mol. The topological polar surface area (TPSA) is 108 Å². The van der Waals surface area contributed by atoms with E-state index in [-0.39, 0.29) is 0 Å². The Morgan fingerprint density at radius 1 is 0.889 bits per heavy atom. The standard InChI is InChI=1S/C28H24N8/c1-16(2)17(3)33-20-7-19(11-30-12-20)24-9-22-27(15-32-24)35-36-28(22)25-8-21-23(13-31-14-26(21)34-25)18-5-4-6-29-10-18/h4-16,33-34H,3H2,1-2H3,(H,35,36). The third-order valence-electron chi connectivity index (χ3n) is 6.26. The second kappa shape index (κ2) is 8.74. The first kappa shape index (κ1) is 21.7. The van der Waals surface area contributed by atoms with Crippen molar-refractivity contribution >= 4 is 27.5 Å². The summed E-state index contributed by atoms with van der Waals surface area (Å²) in [6, 6.07) is 10.1. The number of nitrogens with one attached hydrogen (secondary N) is 3. The molecule has 0 atom stereocenters. The molecule has 8 nitrogen and oxygen atoms in total. The van der Waals surface area contributed by atoms with Gasteiger partial charge in [-0.25, -0.2) is 0 Å². The van der Waals surface area contributed by atoms with Gasteiger partial charge in [-0.2, -0.15) is 5.10 Å². The number of rotatable bonds is 6. The van der Waals surface area contributed by atoms with Crippen LogP contribution in [0.1, 0.15) is 13.8 Å². The number of aromatic nitrogens is 7. The summed E-state index contributed by atoms with van der Waals surface area (Å²) in [7, 11) is 0. The number of H-pyrrole nitrogens is 2. The molecule has 176 valence electrons. The molecule has 6 aromatic rings. The average Bonchev–Trinajstić information content (AvgIpc) is 3.53. The zero-order valence-corrected chi connectivity index (χ0v) is 19.9. The van der Waals surface area contributed by atoms with Crippen LogP contribution < -0.4 is 5.32 Å². The van der Waals surface area contributed by atoms with Gasteiger partial charge in [-0.1, -0.05) is 26.5 Å². The van der Waals surface area contributed by atoms with Gasteiger partial charge in [0.25, 0.3) is 0 Å². The van der Waals surface area contributed by atoms with Crippen molar-refractivity contribution in [1.29, 1.82) is 0 Å². The fourth-order valence-corrected chi connectivity index (χ4v) is 4.19. The summed E-state index contributed by atoms with van der Waals surface area (Å²) >= 11 is 0. The highest BCUT2D eigenvalue weighted by molar-refractivity contribution is 6.01. The lowest BCUT2D eigenvalue weighted by Gasteiger charge is -2.13. The Kier molecular flexibility index (Phi) is 5.26. The number of fused-ring (bicyclic) bond motifs is 2. The molecule has 8 heteroatoms. The molecule has 0 fully saturated rings. The van der Waals surface area contributed by atoms with Gasteiger partial charge >= 0.3 is 0 Å². The van der Waals surface area contributed by atoms with Gasteiger partial charge in [-0.05, 0) is 30.2 Å². The van der Waals surface area contributed by atoms with Crippen molar-refractivity contribution in [3.05, 3.63) is 86.0 Å². The van der Waals surface area contributed by atoms with Crippen molar-refractivity contribution in [1.82, 2.24) is 35.1 Å². The van der Waals surface area contributed by atoms with Crippen LogP contribution in [0.3, 0.4) is 0 Å². The van der Waals surface area contributed by atoms with E-state index in [4.69, 9.17) is 0 Å². The summed E-state index contributed by atoms with van der Waals surface area (Å²) in [6.45, 7) is 8.30. The van der Waals surface area contributed by atoms with Crippen LogP contribution in [0.2, 0.25) is 0 Å². The summed E-state index contributed by atoms with van der Waals surface area (Å²) in [6.07, 6.45) is 12.7. The van der Waals surface area contributed by atoms with Gasteiger partial charge in [-0.3, -0.25) is 25.0 Å². The molecule has 0 spiro atoms. The lowest BCUT2D eigenvalue weighted by atomic mass is 10.1. The number of aromatic amines is 2. The Labute approximate surface area is 207 Å². The van der Waals surface area contributed by atoms with Crippen LogP contribution in [0.4, 0.5) is 5.69 Å². The van der Waals surface area contributed by atoms with Crippen LogP contribution in [0.15, 0.2) is 86.0 Å². The molecule has 0 aliphatic carbocycles. The number of nitrogens with zero attached hydrogens (tertiary/aromatic N) is 5. The molecule has 0 aromatic carbocycles. The molecule has 0 saturated heterocycles. The van der Waals surface area contributed by atoms with Crippen LogP contribution >= 0.6 is 0 Å². The van der Waals surface area contributed by atoms with Crippen molar-refractivity contribution in [2.45, 2.75) is 13.8 Å². The van der Waals surface area contributed by atoms with Gasteiger partial charge in [0, 0.05) is 57.9 Å². The molecule has 0 unspecified atom stereocenters. The van der Waals surface area contributed by atoms with Gasteiger partial charge in [0.2, 0.25) is 0 Å². The summed E-state index contributed by atoms with van der Waals surface area (Å²) in [5, 5.41) is 13.1. The summed E-state index contributed by atoms with van der Waals surface area (Å²) in [4.78, 5) is 21.2. The van der Waals surface area contributed by atoms with Gasteiger partial charge in [0.15, 0.2) is 0 Å². The van der Waals surface area contributed by atoms with Crippen molar-refractivity contribution < 1.29 is 0 Å². The van der Waals surface area contributed by atoms with Crippen molar-refractivity contribution in [2.75, 3.05) is 5.32 Å². The van der Waals surface area contributed by atoms with E-state index in [0.29, 0.717) is 5.92 Å². The quantitative estimate of drug-likeness (QED) is 0.266. The molecule has 3 N–H and O–H groups in total. The molecule has 6 aromatic heterocycles. The first-order chi connectivity index (χ1) is 17.6. The molecular formula is C28H24N8. The third-order valence-corrected chi connectivity index (χ3v) is 6.26. The largest absolute Gasteiger partial charge is 0.358 e. The molecule has 0 amide bonds. The summed E-state index contributed by atoms with van der Waals surface area (Å²) < 4.78 is 0. The highest BCUT2D eigenvalue weighted by atomic mass is 15.1. The zero-order valence-electron chi connectivity index (χ0n) is 19.9. The smallest absolute Gasteiger partial charge is 0.116 e. The maximum atomic E-state index is 4.65. The van der Waals surface area contributed by atoms with Crippen LogP contribution in [0, 0.1) is 5.92 Å². The zero-order chi connectivity index (χ0) is 24.6. The number of pyridine rings is 4. The van der Waals surface area contributed by atoms with E-state index in [1.807, 2.05) is 49.1 Å². The number of allylic oxidation sites excluding steroid dienone is 1. The monoisotopic (exact) mass is 472 g/mol. The van der Waals surface area contributed by atoms with E-state index >= 15 is 0 Å². The first-order valence-corrected chi connectivity index (χ1v) is 11.7. The van der Waals surface area contributed by atoms with E-state index in [0.717, 1.165) is 67.0 Å². The highest BCUT2D eigenvalue weighted by Gasteiger charge is 2.15. The predicted octanol–water partition coefficient (Wildman–Crippen LogP) is 6.21. The lowest BCUT2D eigenvalue weighted by molar-refractivity contribution is 0.778. The normalized spacial score (nSPS) is 11.4. The lowest BCUT2D eigenvalue weighted by Crippen LogP contribution is -2.04. The molecule has 0 saturated carbocycles. The summed E-state index contributed by atoms with van der Waals surface area (Å²) in [5.74, 6) is 0.321. The SMILES string of the molecule is C=C(Nc1cncc(-c2cc3c(-c4cc5c(-c6cccnc6)cncc5[nH]4)n[nH]c3cn2)c1)C(C)C. The second-order valence-electron chi connectivity index (χ2n) is 9.03. The maximum absolute atomic E-state index is 4.65. The minimum Gasteiger partial charge on any atom is -0.358 e. The third kappa shape index (κ3) is 3.88. The Morgan fingerprint density at radius 2 is 1.75 bits per heavy atom. The number of anilines is 1. The fourth-order valence-electron chi connectivity index (χ4n) is 4.19. The second-order valence-corrected chi connectivity index (χ2v) is 9.03. The minimum absolute atomic E-state index is 0.321. The molecule has 36 heavy (non-hydrogen) atoms. The van der Waals surface area contributed by atoms with E-state index in [2.05, 4.69) is 66.9 Å². The van der Waals surface area contributed by atoms with Gasteiger partial charge < -0.3 is 10.3 Å². The van der Waals surface area contributed by atoms with Gasteiger partial charge in [-0.15, -0.1) is 0 Å². The van der Waals surface area contributed by atoms with Gasteiger partial charge in [0.05, 0.1) is 46.7 Å². The maximum Gasteiger partial charge on any atom is 0.116 e. The molecule has 6 heterocycles. The number of hydrogen-bond donors (Lipinski definition) is 3. The van der Waals surface area contributed by atoms with Crippen LogP contribution in [-0.2, 0) is 0 Å². The Hall–Kier alpha value is -4.85. The minimum atomic E-state index is 0.321. The van der Waals surface area contributed by atoms with Crippen LogP contribution in [-0.4, -0.2) is 35.1 Å². The molecule has 0 aliphatic heterocycles. The molecular weight excluding hydrogens is 448 g/mol. The average molecular weight is 473 g/mol. The highest BCUT2D eigenvalue weighted by Crippen LogP contribution is 2.34. The molecule has 6 rings (SSSR count). The molecule has 0 bridgehead atoms. The van der Waals surface area contributed by atoms with E-state index in [9.17, 15) is 0 Å². The Balaban J connectivity index is 1.41. The Bertz CT molecular complexity index is 1710. The van der Waals surface area contributed by atoms with Crippen molar-refractivity contribution in [3.8, 4) is 33.8 Å². The van der Waals surface area contributed by atoms with Crippen LogP contribution in [0.25, 0.3) is 55.6 Å². The Morgan fingerprint density at radius 3 is 2.58 bits per heavy atom. The van der Waals surface area contributed by atoms with E-state index < -0.39 is 0 Å². The van der Waals surface area contributed by atoms with E-state index in [1.165, 1.54) is 0 Å². The van der Waals surface area contributed by atoms with Gasteiger partial charge in [0.1, 0.15) is 5.69 Å². The van der Waals surface area contributed by atoms with Crippen molar-refractivity contribution in [3.63, 3.8) is 0 Å².